The van der Waals surface area contributed by atoms with Crippen molar-refractivity contribution in [3.8, 4) is 0 Å². The van der Waals surface area contributed by atoms with Gasteiger partial charge in [0.1, 0.15) is 5.82 Å². The van der Waals surface area contributed by atoms with Gasteiger partial charge in [0, 0.05) is 28.7 Å². The van der Waals surface area contributed by atoms with E-state index >= 15 is 0 Å². The van der Waals surface area contributed by atoms with Crippen LogP contribution in [0.2, 0.25) is 0 Å². The molecule has 3 aromatic rings. The van der Waals surface area contributed by atoms with Crippen molar-refractivity contribution >= 4 is 16.8 Å². The van der Waals surface area contributed by atoms with E-state index < -0.39 is 0 Å². The van der Waals surface area contributed by atoms with Gasteiger partial charge in [0.2, 0.25) is 5.91 Å². The van der Waals surface area contributed by atoms with Crippen molar-refractivity contribution < 1.29 is 4.79 Å². The molecule has 0 aliphatic heterocycles. The number of hydrogen-bond acceptors (Lipinski definition) is 3. The average Bonchev–Trinajstić information content (AvgIpc) is 2.89. The summed E-state index contributed by atoms with van der Waals surface area (Å²) < 4.78 is 0. The molecule has 0 fully saturated rings. The second-order valence-corrected chi connectivity index (χ2v) is 7.23. The molecule has 1 aromatic carbocycles. The SMILES string of the molecule is Cc1cc(C)c2[nH]c(C)c(CCNC(=O)Cc3nc(C)[nH]c(=O)c3C)c2c1. The first-order valence-electron chi connectivity index (χ1n) is 9.17. The number of nitrogens with one attached hydrogen (secondary N) is 3. The van der Waals surface area contributed by atoms with E-state index in [0.29, 0.717) is 23.6 Å². The van der Waals surface area contributed by atoms with Gasteiger partial charge in [-0.3, -0.25) is 9.59 Å². The third-order valence-corrected chi connectivity index (χ3v) is 4.97. The standard InChI is InChI=1S/C21H26N4O2/c1-11-8-12(2)20-17(9-11)16(14(4)23-20)6-7-22-19(26)10-18-13(3)21(27)25-15(5)24-18/h8-9,23H,6-7,10H2,1-5H3,(H,22,26)(H,24,25,27). The second-order valence-electron chi connectivity index (χ2n) is 7.23. The fourth-order valence-corrected chi connectivity index (χ4v) is 3.58. The van der Waals surface area contributed by atoms with E-state index in [9.17, 15) is 9.59 Å². The van der Waals surface area contributed by atoms with Crippen LogP contribution in [0.1, 0.15) is 39.5 Å². The van der Waals surface area contributed by atoms with Crippen molar-refractivity contribution in [1.29, 1.82) is 0 Å². The summed E-state index contributed by atoms with van der Waals surface area (Å²) in [5.41, 5.74) is 6.83. The monoisotopic (exact) mass is 366 g/mol. The number of aromatic nitrogens is 3. The van der Waals surface area contributed by atoms with E-state index in [-0.39, 0.29) is 17.9 Å². The molecule has 0 saturated heterocycles. The van der Waals surface area contributed by atoms with Crippen LogP contribution in [0.5, 0.6) is 0 Å². The van der Waals surface area contributed by atoms with Gasteiger partial charge in [-0.25, -0.2) is 4.98 Å². The van der Waals surface area contributed by atoms with Crippen molar-refractivity contribution in [2.24, 2.45) is 0 Å². The lowest BCUT2D eigenvalue weighted by molar-refractivity contribution is -0.120. The molecule has 0 unspecified atom stereocenters. The Morgan fingerprint density at radius 2 is 1.85 bits per heavy atom. The van der Waals surface area contributed by atoms with Crippen LogP contribution in [0.4, 0.5) is 0 Å². The zero-order valence-corrected chi connectivity index (χ0v) is 16.5. The molecule has 0 bridgehead atoms. The van der Waals surface area contributed by atoms with E-state index in [1.54, 1.807) is 13.8 Å². The molecule has 0 saturated carbocycles. The third-order valence-electron chi connectivity index (χ3n) is 4.97. The quantitative estimate of drug-likeness (QED) is 0.648. The molecule has 6 heteroatoms. The van der Waals surface area contributed by atoms with Gasteiger partial charge in [0.25, 0.3) is 5.56 Å². The predicted octanol–water partition coefficient (Wildman–Crippen LogP) is 2.69. The highest BCUT2D eigenvalue weighted by Gasteiger charge is 2.13. The molecule has 2 heterocycles. The highest BCUT2D eigenvalue weighted by Crippen LogP contribution is 2.26. The first kappa shape index (κ1) is 18.9. The van der Waals surface area contributed by atoms with Gasteiger partial charge in [-0.2, -0.15) is 0 Å². The average molecular weight is 366 g/mol. The number of benzene rings is 1. The highest BCUT2D eigenvalue weighted by atomic mass is 16.1. The molecule has 0 aliphatic carbocycles. The maximum Gasteiger partial charge on any atom is 0.254 e. The minimum Gasteiger partial charge on any atom is -0.358 e. The lowest BCUT2D eigenvalue weighted by atomic mass is 10.0. The Kier molecular flexibility index (Phi) is 5.17. The molecule has 3 N–H and O–H groups in total. The first-order valence-corrected chi connectivity index (χ1v) is 9.17. The maximum absolute atomic E-state index is 12.3. The summed E-state index contributed by atoms with van der Waals surface area (Å²) in [4.78, 5) is 34.5. The number of carbonyl (C=O) groups is 1. The Balaban J connectivity index is 1.69. The van der Waals surface area contributed by atoms with Crippen LogP contribution in [-0.4, -0.2) is 27.4 Å². The fourth-order valence-electron chi connectivity index (χ4n) is 3.58. The fraction of sp³-hybridized carbons (Fsp3) is 0.381. The second kappa shape index (κ2) is 7.39. The van der Waals surface area contributed by atoms with Gasteiger partial charge in [-0.15, -0.1) is 0 Å². The third kappa shape index (κ3) is 3.94. The molecular formula is C21H26N4O2. The van der Waals surface area contributed by atoms with Crippen molar-refractivity contribution in [1.82, 2.24) is 20.3 Å². The van der Waals surface area contributed by atoms with Crippen molar-refractivity contribution in [3.05, 3.63) is 62.0 Å². The van der Waals surface area contributed by atoms with Crippen LogP contribution in [-0.2, 0) is 17.6 Å². The van der Waals surface area contributed by atoms with Crippen molar-refractivity contribution in [3.63, 3.8) is 0 Å². The first-order chi connectivity index (χ1) is 12.8. The molecular weight excluding hydrogens is 340 g/mol. The zero-order chi connectivity index (χ0) is 19.7. The van der Waals surface area contributed by atoms with Gasteiger partial charge in [0.15, 0.2) is 0 Å². The lowest BCUT2D eigenvalue weighted by Crippen LogP contribution is -2.29. The van der Waals surface area contributed by atoms with E-state index in [0.717, 1.165) is 12.1 Å². The predicted molar refractivity (Wildman–Crippen MR) is 107 cm³/mol. The molecule has 6 nitrogen and oxygen atoms in total. The Hall–Kier alpha value is -2.89. The summed E-state index contributed by atoms with van der Waals surface area (Å²) in [5.74, 6) is 0.397. The van der Waals surface area contributed by atoms with E-state index in [1.807, 2.05) is 0 Å². The summed E-state index contributed by atoms with van der Waals surface area (Å²) in [7, 11) is 0. The van der Waals surface area contributed by atoms with Crippen LogP contribution in [0.15, 0.2) is 16.9 Å². The van der Waals surface area contributed by atoms with Crippen molar-refractivity contribution in [2.75, 3.05) is 6.54 Å². The zero-order valence-electron chi connectivity index (χ0n) is 16.5. The molecule has 0 radical (unpaired) electrons. The van der Waals surface area contributed by atoms with Crippen LogP contribution in [0, 0.1) is 34.6 Å². The molecule has 3 rings (SSSR count). The summed E-state index contributed by atoms with van der Waals surface area (Å²) in [6, 6.07) is 4.36. The Morgan fingerprint density at radius 1 is 1.11 bits per heavy atom. The van der Waals surface area contributed by atoms with Gasteiger partial charge < -0.3 is 15.3 Å². The smallest absolute Gasteiger partial charge is 0.254 e. The molecule has 142 valence electrons. The normalized spacial score (nSPS) is 11.1. The Labute approximate surface area is 158 Å². The minimum absolute atomic E-state index is 0.113. The number of nitrogens with zero attached hydrogens (tertiary/aromatic N) is 1. The van der Waals surface area contributed by atoms with Crippen LogP contribution in [0.3, 0.4) is 0 Å². The topological polar surface area (TPSA) is 90.6 Å². The number of aromatic amines is 2. The van der Waals surface area contributed by atoms with E-state index in [1.165, 1.54) is 27.6 Å². The number of carbonyl (C=O) groups excluding carboxylic acids is 1. The van der Waals surface area contributed by atoms with Gasteiger partial charge in [-0.05, 0) is 58.2 Å². The largest absolute Gasteiger partial charge is 0.358 e. The number of aryl methyl sites for hydroxylation is 4. The molecule has 0 aliphatic rings. The van der Waals surface area contributed by atoms with Gasteiger partial charge >= 0.3 is 0 Å². The molecule has 2 aromatic heterocycles. The number of fused-ring (bicyclic) bond motifs is 1. The van der Waals surface area contributed by atoms with Crippen LogP contribution >= 0.6 is 0 Å². The summed E-state index contributed by atoms with van der Waals surface area (Å²) >= 11 is 0. The summed E-state index contributed by atoms with van der Waals surface area (Å²) in [6.45, 7) is 10.2. The van der Waals surface area contributed by atoms with E-state index in [4.69, 9.17) is 0 Å². The Bertz CT molecular complexity index is 1080. The van der Waals surface area contributed by atoms with Crippen LogP contribution in [0.25, 0.3) is 10.9 Å². The van der Waals surface area contributed by atoms with Crippen LogP contribution < -0.4 is 10.9 Å². The van der Waals surface area contributed by atoms with Crippen molar-refractivity contribution in [2.45, 2.75) is 47.5 Å². The number of H-pyrrole nitrogens is 2. The van der Waals surface area contributed by atoms with Gasteiger partial charge in [0.05, 0.1) is 12.1 Å². The van der Waals surface area contributed by atoms with E-state index in [2.05, 4.69) is 53.2 Å². The molecule has 0 spiro atoms. The lowest BCUT2D eigenvalue weighted by Gasteiger charge is -2.08. The Morgan fingerprint density at radius 3 is 2.59 bits per heavy atom. The highest BCUT2D eigenvalue weighted by molar-refractivity contribution is 5.88. The summed E-state index contributed by atoms with van der Waals surface area (Å²) in [5, 5.41) is 4.18. The number of rotatable bonds is 5. The molecule has 27 heavy (non-hydrogen) atoms. The molecule has 0 atom stereocenters. The summed E-state index contributed by atoms with van der Waals surface area (Å²) in [6.07, 6.45) is 0.864. The number of amides is 1. The maximum atomic E-state index is 12.3. The number of hydrogen-bond donors (Lipinski definition) is 3. The minimum atomic E-state index is -0.189. The molecule has 1 amide bonds. The van der Waals surface area contributed by atoms with Gasteiger partial charge in [-0.1, -0.05) is 11.6 Å².